The fraction of sp³-hybridized carbons (Fsp3) is 0.829. The summed E-state index contributed by atoms with van der Waals surface area (Å²) in [6.45, 7) is 2.36. The number of aliphatic hydroxyl groups excluding tert-OH is 4. The second kappa shape index (κ2) is 28.4. The van der Waals surface area contributed by atoms with E-state index in [4.69, 9.17) is 31.4 Å². The summed E-state index contributed by atoms with van der Waals surface area (Å²) >= 11 is 0. The highest BCUT2D eigenvalue weighted by Gasteiger charge is 2.54. The molecule has 1 aromatic rings. The van der Waals surface area contributed by atoms with Gasteiger partial charge in [0.05, 0.1) is 6.04 Å². The van der Waals surface area contributed by atoms with Crippen LogP contribution < -0.4 is 44.4 Å². The molecule has 3 heterocycles. The van der Waals surface area contributed by atoms with Crippen LogP contribution in [0.5, 0.6) is 0 Å². The lowest BCUT2D eigenvalue weighted by Gasteiger charge is -2.33. The molecule has 0 aromatic carbocycles. The predicted octanol–water partition coefficient (Wildman–Crippen LogP) is -1.47. The van der Waals surface area contributed by atoms with Crippen LogP contribution >= 0.6 is 0 Å². The smallest absolute Gasteiger partial charge is 0.330 e. The average Bonchev–Trinajstić information content (AvgIpc) is 3.69. The van der Waals surface area contributed by atoms with Crippen molar-refractivity contribution in [3.05, 3.63) is 33.1 Å². The van der Waals surface area contributed by atoms with E-state index in [0.717, 1.165) is 42.5 Å². The van der Waals surface area contributed by atoms with E-state index < -0.39 is 102 Å². The highest BCUT2D eigenvalue weighted by molar-refractivity contribution is 5.89. The van der Waals surface area contributed by atoms with Crippen LogP contribution in [0.2, 0.25) is 0 Å². The number of amides is 2. The zero-order valence-corrected chi connectivity index (χ0v) is 36.1. The lowest BCUT2D eigenvalue weighted by molar-refractivity contribution is -0.228. The maximum Gasteiger partial charge on any atom is 0.330 e. The molecule has 21 nitrogen and oxygen atoms in total. The highest BCUT2D eigenvalue weighted by atomic mass is 16.7. The summed E-state index contributed by atoms with van der Waals surface area (Å²) in [5.74, 6) is -2.40. The number of unbranched alkanes of at least 4 members (excludes halogenated alkanes) is 12. The molecule has 12 atom stereocenters. The van der Waals surface area contributed by atoms with E-state index in [1.807, 2.05) is 4.98 Å². The van der Waals surface area contributed by atoms with Gasteiger partial charge in [-0.05, 0) is 38.8 Å². The molecule has 62 heavy (non-hydrogen) atoms. The zero-order chi connectivity index (χ0) is 45.6. The largest absolute Gasteiger partial charge is 0.480 e. The van der Waals surface area contributed by atoms with Gasteiger partial charge in [-0.15, -0.1) is 0 Å². The van der Waals surface area contributed by atoms with Crippen molar-refractivity contribution in [3.63, 3.8) is 0 Å². The number of carbonyl (C=O) groups excluding carboxylic acids is 2. The van der Waals surface area contributed by atoms with Gasteiger partial charge in [-0.25, -0.2) is 4.79 Å². The molecule has 2 saturated heterocycles. The summed E-state index contributed by atoms with van der Waals surface area (Å²) in [7, 11) is 0. The minimum Gasteiger partial charge on any atom is -0.480 e. The second-order valence-electron chi connectivity index (χ2n) is 16.4. The zero-order valence-electron chi connectivity index (χ0n) is 36.1. The van der Waals surface area contributed by atoms with Crippen LogP contribution in [-0.4, -0.2) is 146 Å². The Bertz CT molecular complexity index is 1590. The Morgan fingerprint density at radius 1 is 0.806 bits per heavy atom. The fourth-order valence-electron chi connectivity index (χ4n) is 7.74. The first kappa shape index (κ1) is 53.0. The normalized spacial score (nSPS) is 25.6. The van der Waals surface area contributed by atoms with Crippen LogP contribution in [0.4, 0.5) is 0 Å². The molecular formula is C41H74N8O13. The van der Waals surface area contributed by atoms with Gasteiger partial charge in [0.25, 0.3) is 5.56 Å². The number of aromatic nitrogens is 2. The van der Waals surface area contributed by atoms with Crippen LogP contribution in [0.3, 0.4) is 0 Å². The third-order valence-electron chi connectivity index (χ3n) is 11.5. The summed E-state index contributed by atoms with van der Waals surface area (Å²) in [5, 5.41) is 61.9. The van der Waals surface area contributed by atoms with Crippen molar-refractivity contribution in [2.45, 2.75) is 189 Å². The van der Waals surface area contributed by atoms with Crippen molar-refractivity contribution in [2.75, 3.05) is 26.2 Å². The standard InChI is InChI=1S/C41H74N8O13/c1-2-3-4-5-6-7-8-9-10-11-12-13-14-18-26(47-36(55)25(44)17-15-20-42)37(56)46-22-16-21-45-29(39(57)58)34(62-40-33(54)30(51)27(24-43)60-40)35-31(52)32(53)38(61-35)49-23-19-28(50)48-41(49)59/h19,23,25-27,29-35,38,40,45,51-54H,2-18,20-22,24,42-44H2,1H3,(H,46,56)(H,47,55)(H,57,58)(H,48,50,59)/t25-,26-,27+,29-,30+,31?,32?,33+,34-,35?,38?,40-/m0/s1. The van der Waals surface area contributed by atoms with E-state index in [-0.39, 0.29) is 26.1 Å². The number of nitrogens with two attached hydrogens (primary N) is 3. The van der Waals surface area contributed by atoms with E-state index in [1.54, 1.807) is 0 Å². The average molecular weight is 887 g/mol. The molecule has 1 aromatic heterocycles. The Kier molecular flexibility index (Phi) is 24.3. The Hall–Kier alpha value is -3.35. The molecule has 3 rings (SSSR count). The number of H-pyrrole nitrogens is 1. The molecule has 0 spiro atoms. The third-order valence-corrected chi connectivity index (χ3v) is 11.5. The Morgan fingerprint density at radius 3 is 2.00 bits per heavy atom. The maximum absolute atomic E-state index is 13.4. The van der Waals surface area contributed by atoms with Gasteiger partial charge in [0.1, 0.15) is 54.8 Å². The minimum absolute atomic E-state index is 0.0567. The van der Waals surface area contributed by atoms with Gasteiger partial charge >= 0.3 is 11.7 Å². The number of nitrogens with one attached hydrogen (secondary N) is 4. The van der Waals surface area contributed by atoms with Crippen molar-refractivity contribution in [1.82, 2.24) is 25.5 Å². The van der Waals surface area contributed by atoms with E-state index in [2.05, 4.69) is 22.9 Å². The molecule has 0 aliphatic carbocycles. The van der Waals surface area contributed by atoms with Gasteiger partial charge in [0.2, 0.25) is 11.8 Å². The number of aliphatic hydroxyl groups is 4. The number of hydrogen-bond donors (Lipinski definition) is 12. The summed E-state index contributed by atoms with van der Waals surface area (Å²) < 4.78 is 18.1. The van der Waals surface area contributed by atoms with Crippen LogP contribution in [0.1, 0.15) is 122 Å². The summed E-state index contributed by atoms with van der Waals surface area (Å²) in [6.07, 6.45) is 2.96. The Morgan fingerprint density at radius 2 is 1.44 bits per heavy atom. The molecule has 2 aliphatic rings. The van der Waals surface area contributed by atoms with Crippen LogP contribution in [-0.2, 0) is 28.6 Å². The first-order valence-electron chi connectivity index (χ1n) is 22.5. The van der Waals surface area contributed by atoms with Crippen molar-refractivity contribution >= 4 is 17.8 Å². The number of hydrogen-bond acceptors (Lipinski definition) is 16. The molecular weight excluding hydrogens is 812 g/mol. The van der Waals surface area contributed by atoms with Gasteiger partial charge in [0.15, 0.2) is 12.5 Å². The number of aromatic amines is 1. The molecule has 15 N–H and O–H groups in total. The number of rotatable bonds is 32. The Balaban J connectivity index is 1.61. The highest BCUT2D eigenvalue weighted by Crippen LogP contribution is 2.34. The molecule has 356 valence electrons. The summed E-state index contributed by atoms with van der Waals surface area (Å²) in [4.78, 5) is 65.3. The number of ether oxygens (including phenoxy) is 3. The fourth-order valence-corrected chi connectivity index (χ4v) is 7.74. The monoisotopic (exact) mass is 887 g/mol. The Labute approximate surface area is 362 Å². The quantitative estimate of drug-likeness (QED) is 0.0367. The number of carboxylic acid groups (broad SMARTS) is 1. The van der Waals surface area contributed by atoms with Gasteiger partial charge in [-0.1, -0.05) is 90.4 Å². The van der Waals surface area contributed by atoms with Crippen molar-refractivity contribution in [3.8, 4) is 0 Å². The lowest BCUT2D eigenvalue weighted by Crippen LogP contribution is -2.57. The first-order chi connectivity index (χ1) is 29.7. The first-order valence-corrected chi connectivity index (χ1v) is 22.5. The molecule has 0 bridgehead atoms. The second-order valence-corrected chi connectivity index (χ2v) is 16.4. The van der Waals surface area contributed by atoms with Crippen LogP contribution in [0.25, 0.3) is 0 Å². The van der Waals surface area contributed by atoms with Crippen molar-refractivity contribution in [2.24, 2.45) is 17.2 Å². The number of carboxylic acids is 1. The number of carbonyl (C=O) groups is 3. The minimum atomic E-state index is -1.87. The van der Waals surface area contributed by atoms with Crippen LogP contribution in [0, 0.1) is 0 Å². The predicted molar refractivity (Wildman–Crippen MR) is 227 cm³/mol. The molecule has 4 unspecified atom stereocenters. The SMILES string of the molecule is CCCCCCCCCCCCCCC[C@H](NC(=O)[C@@H](N)CCCN)C(=O)NCCCN[C@H](C(=O)O)[C@H](O[C@@H]1O[C@H](CN)[C@@H](O)[C@H]1O)C1OC(n2ccc(=O)[nH]c2=O)C(O)C1O. The van der Waals surface area contributed by atoms with Crippen molar-refractivity contribution in [1.29, 1.82) is 0 Å². The number of nitrogens with zero attached hydrogens (tertiary/aromatic N) is 1. The maximum atomic E-state index is 13.4. The van der Waals surface area contributed by atoms with Crippen LogP contribution in [0.15, 0.2) is 21.9 Å². The van der Waals surface area contributed by atoms with Gasteiger partial charge < -0.3 is 72.9 Å². The summed E-state index contributed by atoms with van der Waals surface area (Å²) in [6, 6.07) is -2.43. The third kappa shape index (κ3) is 16.6. The molecule has 2 fully saturated rings. The van der Waals surface area contributed by atoms with Gasteiger partial charge in [-0.2, -0.15) is 0 Å². The van der Waals surface area contributed by atoms with E-state index in [9.17, 15) is 49.5 Å². The molecule has 0 radical (unpaired) electrons. The van der Waals surface area contributed by atoms with Gasteiger partial charge in [0, 0.05) is 25.4 Å². The topological polar surface area (TPSA) is 349 Å². The lowest BCUT2D eigenvalue weighted by atomic mass is 9.98. The van der Waals surface area contributed by atoms with E-state index in [0.29, 0.717) is 32.2 Å². The summed E-state index contributed by atoms with van der Waals surface area (Å²) in [5.41, 5.74) is 15.6. The van der Waals surface area contributed by atoms with E-state index in [1.165, 1.54) is 51.4 Å². The number of aliphatic carboxylic acids is 1. The molecule has 2 amide bonds. The molecule has 0 saturated carbocycles. The van der Waals surface area contributed by atoms with E-state index >= 15 is 0 Å². The van der Waals surface area contributed by atoms with Crippen molar-refractivity contribution < 1.29 is 54.1 Å². The van der Waals surface area contributed by atoms with Gasteiger partial charge in [-0.3, -0.25) is 28.7 Å². The molecule has 21 heteroatoms. The molecule has 2 aliphatic heterocycles.